The zero-order valence-electron chi connectivity index (χ0n) is 15.6. The van der Waals surface area contributed by atoms with Crippen molar-refractivity contribution < 1.29 is 0 Å². The Balaban J connectivity index is 1.91. The fraction of sp³-hybridized carbons (Fsp3) is 0.905. The first-order valence-electron chi connectivity index (χ1n) is 10.4. The molecule has 0 amide bonds. The largest absolute Gasteiger partial charge is 0.0851 e. The monoisotopic (exact) mass is 320 g/mol. The van der Waals surface area contributed by atoms with E-state index in [1.807, 2.05) is 0 Å². The van der Waals surface area contributed by atoms with Gasteiger partial charge in [-0.2, -0.15) is 0 Å². The zero-order valence-corrected chi connectivity index (χ0v) is 16.6. The van der Waals surface area contributed by atoms with Gasteiger partial charge in [-0.05, 0) is 30.2 Å². The number of hydrogen-bond acceptors (Lipinski definition) is 0. The van der Waals surface area contributed by atoms with Gasteiger partial charge in [0.15, 0.2) is 0 Å². The van der Waals surface area contributed by atoms with Crippen molar-refractivity contribution in [1.82, 2.24) is 0 Å². The van der Waals surface area contributed by atoms with Gasteiger partial charge in [-0.3, -0.25) is 0 Å². The third kappa shape index (κ3) is 4.49. The zero-order chi connectivity index (χ0) is 15.8. The smallest absolute Gasteiger partial charge is 0.0572 e. The summed E-state index contributed by atoms with van der Waals surface area (Å²) in [6.45, 7) is 7.21. The molecule has 1 heteroatoms. The molecule has 1 saturated carbocycles. The highest BCUT2D eigenvalue weighted by molar-refractivity contribution is 6.81. The van der Waals surface area contributed by atoms with Crippen molar-refractivity contribution in [2.24, 2.45) is 11.8 Å². The first kappa shape index (κ1) is 18.3. The summed E-state index contributed by atoms with van der Waals surface area (Å²) < 4.78 is 0. The molecule has 0 aromatic carbocycles. The van der Waals surface area contributed by atoms with E-state index in [9.17, 15) is 0 Å². The summed E-state index contributed by atoms with van der Waals surface area (Å²) in [4.78, 5) is 0. The summed E-state index contributed by atoms with van der Waals surface area (Å²) in [5.41, 5.74) is 1.15. The van der Waals surface area contributed by atoms with Crippen molar-refractivity contribution in [3.05, 3.63) is 12.2 Å². The number of unbranched alkanes of at least 4 members (excludes halogenated alkanes) is 5. The third-order valence-electron chi connectivity index (χ3n) is 6.59. The fourth-order valence-electron chi connectivity index (χ4n) is 5.67. The Bertz CT molecular complexity index is 327. The minimum Gasteiger partial charge on any atom is -0.0851 e. The second kappa shape index (κ2) is 9.30. The molecule has 0 aliphatic heterocycles. The molecular formula is C21H40Si. The van der Waals surface area contributed by atoms with Gasteiger partial charge < -0.3 is 0 Å². The Hall–Kier alpha value is -0.0431. The standard InChI is InChI=1S/C21H40Si/c1-4-7-8-9-10-11-16-22(14-5-2,15-6-3)21-18-19-12-13-20(21)17-19/h12-13,19-21H,4-11,14-18H2,1-3H3. The quantitative estimate of drug-likeness (QED) is 0.197. The molecule has 2 aliphatic rings. The topological polar surface area (TPSA) is 0 Å². The van der Waals surface area contributed by atoms with E-state index in [0.29, 0.717) is 0 Å². The predicted octanol–water partition coefficient (Wildman–Crippen LogP) is 7.58. The minimum atomic E-state index is -1.04. The maximum atomic E-state index is 2.62. The van der Waals surface area contributed by atoms with E-state index in [0.717, 1.165) is 17.4 Å². The van der Waals surface area contributed by atoms with Crippen LogP contribution in [0.4, 0.5) is 0 Å². The Labute approximate surface area is 141 Å². The predicted molar refractivity (Wildman–Crippen MR) is 103 cm³/mol. The van der Waals surface area contributed by atoms with Gasteiger partial charge in [-0.15, -0.1) is 0 Å². The van der Waals surface area contributed by atoms with Crippen LogP contribution in [0.15, 0.2) is 12.2 Å². The Morgan fingerprint density at radius 1 is 0.727 bits per heavy atom. The summed E-state index contributed by atoms with van der Waals surface area (Å²) in [5, 5.41) is 0. The van der Waals surface area contributed by atoms with Crippen LogP contribution in [-0.4, -0.2) is 8.07 Å². The average Bonchev–Trinajstić information content (AvgIpc) is 3.14. The van der Waals surface area contributed by atoms with Crippen LogP contribution in [0.1, 0.15) is 85.0 Å². The molecule has 3 atom stereocenters. The number of allylic oxidation sites excluding steroid dienone is 2. The fourth-order valence-corrected chi connectivity index (χ4v) is 12.4. The van der Waals surface area contributed by atoms with Crippen molar-refractivity contribution in [3.8, 4) is 0 Å². The van der Waals surface area contributed by atoms with E-state index in [1.165, 1.54) is 51.4 Å². The Morgan fingerprint density at radius 2 is 1.41 bits per heavy atom. The van der Waals surface area contributed by atoms with E-state index in [4.69, 9.17) is 0 Å². The number of rotatable bonds is 12. The molecule has 2 rings (SSSR count). The van der Waals surface area contributed by atoms with Gasteiger partial charge in [0, 0.05) is 0 Å². The van der Waals surface area contributed by atoms with Crippen molar-refractivity contribution >= 4 is 8.07 Å². The molecule has 0 aromatic rings. The molecule has 0 N–H and O–H groups in total. The molecule has 0 nitrogen and oxygen atoms in total. The molecule has 0 aromatic heterocycles. The van der Waals surface area contributed by atoms with Crippen LogP contribution in [-0.2, 0) is 0 Å². The summed E-state index contributed by atoms with van der Waals surface area (Å²) >= 11 is 0. The average molecular weight is 321 g/mol. The van der Waals surface area contributed by atoms with Gasteiger partial charge in [0.05, 0.1) is 8.07 Å². The van der Waals surface area contributed by atoms with Gasteiger partial charge in [-0.1, -0.05) is 102 Å². The molecule has 0 radical (unpaired) electrons. The maximum absolute atomic E-state index is 2.62. The highest BCUT2D eigenvalue weighted by Gasteiger charge is 2.48. The Morgan fingerprint density at radius 3 is 1.95 bits per heavy atom. The first-order valence-corrected chi connectivity index (χ1v) is 13.1. The van der Waals surface area contributed by atoms with E-state index in [2.05, 4.69) is 32.9 Å². The maximum Gasteiger partial charge on any atom is 0.0572 e. The summed E-state index contributed by atoms with van der Waals surface area (Å²) in [6, 6.07) is 4.90. The van der Waals surface area contributed by atoms with Crippen LogP contribution in [0.25, 0.3) is 0 Å². The summed E-state index contributed by atoms with van der Waals surface area (Å²) in [6.07, 6.45) is 20.0. The third-order valence-corrected chi connectivity index (χ3v) is 13.2. The van der Waals surface area contributed by atoms with Gasteiger partial charge in [-0.25, -0.2) is 0 Å². The summed E-state index contributed by atoms with van der Waals surface area (Å²) in [7, 11) is -1.04. The highest BCUT2D eigenvalue weighted by atomic mass is 28.3. The molecule has 0 spiro atoms. The van der Waals surface area contributed by atoms with E-state index in [-0.39, 0.29) is 0 Å². The van der Waals surface area contributed by atoms with Crippen molar-refractivity contribution in [1.29, 1.82) is 0 Å². The molecule has 0 saturated heterocycles. The minimum absolute atomic E-state index is 0.972. The molecular weight excluding hydrogens is 280 g/mol. The molecule has 2 aliphatic carbocycles. The van der Waals surface area contributed by atoms with Gasteiger partial charge in [0.1, 0.15) is 0 Å². The number of fused-ring (bicyclic) bond motifs is 2. The lowest BCUT2D eigenvalue weighted by atomic mass is 10.1. The molecule has 3 unspecified atom stereocenters. The second-order valence-corrected chi connectivity index (χ2v) is 13.2. The lowest BCUT2D eigenvalue weighted by Gasteiger charge is -2.41. The van der Waals surface area contributed by atoms with Crippen LogP contribution in [0.5, 0.6) is 0 Å². The first-order chi connectivity index (χ1) is 10.8. The van der Waals surface area contributed by atoms with E-state index < -0.39 is 8.07 Å². The van der Waals surface area contributed by atoms with Crippen LogP contribution >= 0.6 is 0 Å². The molecule has 22 heavy (non-hydrogen) atoms. The van der Waals surface area contributed by atoms with E-state index >= 15 is 0 Å². The normalized spacial score (nSPS) is 27.0. The van der Waals surface area contributed by atoms with Crippen molar-refractivity contribution in [3.63, 3.8) is 0 Å². The van der Waals surface area contributed by atoms with Crippen molar-refractivity contribution in [2.75, 3.05) is 0 Å². The van der Waals surface area contributed by atoms with Crippen LogP contribution < -0.4 is 0 Å². The lowest BCUT2D eigenvalue weighted by molar-refractivity contribution is 0.607. The van der Waals surface area contributed by atoms with Crippen LogP contribution in [0, 0.1) is 11.8 Å². The SMILES string of the molecule is CCCCCCCC[Si](CCC)(CCC)C1CC2C=CC1C2. The van der Waals surface area contributed by atoms with Crippen molar-refractivity contribution in [2.45, 2.75) is 109 Å². The second-order valence-electron chi connectivity index (χ2n) is 8.27. The van der Waals surface area contributed by atoms with Gasteiger partial charge >= 0.3 is 0 Å². The molecule has 0 heterocycles. The van der Waals surface area contributed by atoms with Crippen LogP contribution in [0.2, 0.25) is 23.7 Å². The number of hydrogen-bond donors (Lipinski definition) is 0. The van der Waals surface area contributed by atoms with Crippen LogP contribution in [0.3, 0.4) is 0 Å². The summed E-state index contributed by atoms with van der Waals surface area (Å²) in [5.74, 6) is 1.97. The highest BCUT2D eigenvalue weighted by Crippen LogP contribution is 2.55. The van der Waals surface area contributed by atoms with Gasteiger partial charge in [0.2, 0.25) is 0 Å². The molecule has 2 bridgehead atoms. The molecule has 128 valence electrons. The molecule has 1 fully saturated rings. The van der Waals surface area contributed by atoms with E-state index in [1.54, 1.807) is 31.0 Å². The Kier molecular flexibility index (Phi) is 7.74. The lowest BCUT2D eigenvalue weighted by Crippen LogP contribution is -2.41. The van der Waals surface area contributed by atoms with Gasteiger partial charge in [0.25, 0.3) is 0 Å².